The first-order valence-electron chi connectivity index (χ1n) is 9.65. The maximum Gasteiger partial charge on any atom is 0.262 e. The molecule has 1 aromatic heterocycles. The van der Waals surface area contributed by atoms with Gasteiger partial charge >= 0.3 is 0 Å². The Hall–Kier alpha value is -1.24. The number of rotatable bonds is 5. The van der Waals surface area contributed by atoms with Gasteiger partial charge in [-0.1, -0.05) is 19.4 Å². The average Bonchev–Trinajstić information content (AvgIpc) is 2.58. The summed E-state index contributed by atoms with van der Waals surface area (Å²) in [6, 6.07) is 6.85. The summed E-state index contributed by atoms with van der Waals surface area (Å²) >= 11 is 3.52. The molecular weight excluding hydrogens is 392 g/mol. The van der Waals surface area contributed by atoms with Crippen molar-refractivity contribution in [3.63, 3.8) is 0 Å². The molecule has 3 atom stereocenters. The molecule has 2 heterocycles. The minimum Gasteiger partial charge on any atom is -0.309 e. The van der Waals surface area contributed by atoms with Crippen molar-refractivity contribution < 1.29 is 0 Å². The molecule has 0 saturated carbocycles. The van der Waals surface area contributed by atoms with Crippen molar-refractivity contribution in [3.8, 4) is 0 Å². The molecule has 142 valence electrons. The first-order chi connectivity index (χ1) is 12.5. The summed E-state index contributed by atoms with van der Waals surface area (Å²) in [6.07, 6.45) is 2.07. The van der Waals surface area contributed by atoms with Crippen LogP contribution in [0, 0.1) is 0 Å². The van der Waals surface area contributed by atoms with Crippen LogP contribution in [-0.2, 0) is 6.54 Å². The first kappa shape index (κ1) is 19.5. The van der Waals surface area contributed by atoms with Crippen LogP contribution in [-0.4, -0.2) is 39.6 Å². The molecule has 0 aliphatic carbocycles. The van der Waals surface area contributed by atoms with E-state index in [9.17, 15) is 4.79 Å². The van der Waals surface area contributed by atoms with E-state index in [-0.39, 0.29) is 11.6 Å². The van der Waals surface area contributed by atoms with E-state index in [0.29, 0.717) is 24.0 Å². The van der Waals surface area contributed by atoms with Gasteiger partial charge in [-0.3, -0.25) is 14.3 Å². The van der Waals surface area contributed by atoms with E-state index in [1.165, 1.54) is 0 Å². The highest BCUT2D eigenvalue weighted by Crippen LogP contribution is 2.28. The van der Waals surface area contributed by atoms with Gasteiger partial charge < -0.3 is 5.32 Å². The van der Waals surface area contributed by atoms with E-state index in [0.717, 1.165) is 41.7 Å². The Bertz CT molecular complexity index is 824. The number of halogens is 1. The lowest BCUT2D eigenvalue weighted by Crippen LogP contribution is -2.55. The maximum atomic E-state index is 13.2. The Morgan fingerprint density at radius 3 is 2.58 bits per heavy atom. The number of piperazine rings is 1. The smallest absolute Gasteiger partial charge is 0.262 e. The van der Waals surface area contributed by atoms with Crippen LogP contribution in [0.5, 0.6) is 0 Å². The molecule has 6 heteroatoms. The van der Waals surface area contributed by atoms with Gasteiger partial charge in [0.2, 0.25) is 0 Å². The van der Waals surface area contributed by atoms with Crippen molar-refractivity contribution in [1.29, 1.82) is 0 Å². The third-order valence-electron chi connectivity index (χ3n) is 5.17. The van der Waals surface area contributed by atoms with Gasteiger partial charge in [-0.25, -0.2) is 4.98 Å². The molecule has 1 fully saturated rings. The van der Waals surface area contributed by atoms with Gasteiger partial charge in [-0.05, 0) is 55.3 Å². The van der Waals surface area contributed by atoms with E-state index < -0.39 is 0 Å². The zero-order chi connectivity index (χ0) is 18.8. The lowest BCUT2D eigenvalue weighted by atomic mass is 10.0. The van der Waals surface area contributed by atoms with Gasteiger partial charge in [0.25, 0.3) is 5.56 Å². The fraction of sp³-hybridized carbons (Fsp3) is 0.600. The topological polar surface area (TPSA) is 50.2 Å². The van der Waals surface area contributed by atoms with Crippen molar-refractivity contribution in [3.05, 3.63) is 38.9 Å². The second-order valence-electron chi connectivity index (χ2n) is 7.38. The van der Waals surface area contributed by atoms with Gasteiger partial charge in [0.15, 0.2) is 0 Å². The van der Waals surface area contributed by atoms with Gasteiger partial charge in [0.1, 0.15) is 5.82 Å². The SMILES string of the molecule is CCCC(c1nc2cccc(Br)c2c(=O)n1CC)N1C[C@@H](C)N[C@@H](C)C1. The van der Waals surface area contributed by atoms with E-state index in [1.807, 2.05) is 29.7 Å². The number of aromatic nitrogens is 2. The zero-order valence-electron chi connectivity index (χ0n) is 16.1. The quantitative estimate of drug-likeness (QED) is 0.800. The standard InChI is InChI=1S/C20H29BrN4O/c1-5-8-17(24-11-13(3)22-14(4)12-24)19-23-16-10-7-9-15(21)18(16)20(26)25(19)6-2/h7,9-10,13-14,17,22H,5-6,8,11-12H2,1-4H3/t13-,14+,17?. The van der Waals surface area contributed by atoms with Crippen molar-refractivity contribution in [1.82, 2.24) is 19.8 Å². The summed E-state index contributed by atoms with van der Waals surface area (Å²) in [5, 5.41) is 4.27. The highest BCUT2D eigenvalue weighted by molar-refractivity contribution is 9.10. The molecular formula is C20H29BrN4O. The zero-order valence-corrected chi connectivity index (χ0v) is 17.7. The lowest BCUT2D eigenvalue weighted by molar-refractivity contribution is 0.109. The summed E-state index contributed by atoms with van der Waals surface area (Å²) < 4.78 is 2.68. The fourth-order valence-corrected chi connectivity index (χ4v) is 4.70. The van der Waals surface area contributed by atoms with E-state index in [4.69, 9.17) is 4.98 Å². The number of hydrogen-bond donors (Lipinski definition) is 1. The van der Waals surface area contributed by atoms with Crippen LogP contribution in [0.3, 0.4) is 0 Å². The fourth-order valence-electron chi connectivity index (χ4n) is 4.17. The summed E-state index contributed by atoms with van der Waals surface area (Å²) in [5.41, 5.74) is 0.832. The normalized spacial score (nSPS) is 22.7. The predicted molar refractivity (Wildman–Crippen MR) is 111 cm³/mol. The molecule has 0 spiro atoms. The summed E-state index contributed by atoms with van der Waals surface area (Å²) in [6.45, 7) is 11.3. The van der Waals surface area contributed by atoms with Crippen molar-refractivity contribution >= 4 is 26.8 Å². The second-order valence-corrected chi connectivity index (χ2v) is 8.23. The highest BCUT2D eigenvalue weighted by Gasteiger charge is 2.30. The van der Waals surface area contributed by atoms with Crippen molar-refractivity contribution in [2.75, 3.05) is 13.1 Å². The van der Waals surface area contributed by atoms with Gasteiger partial charge in [-0.15, -0.1) is 0 Å². The Morgan fingerprint density at radius 2 is 1.96 bits per heavy atom. The predicted octanol–water partition coefficient (Wildman–Crippen LogP) is 3.70. The largest absolute Gasteiger partial charge is 0.309 e. The molecule has 1 unspecified atom stereocenters. The van der Waals surface area contributed by atoms with Crippen molar-refractivity contribution in [2.24, 2.45) is 0 Å². The van der Waals surface area contributed by atoms with Crippen LogP contribution in [0.2, 0.25) is 0 Å². The number of hydrogen-bond acceptors (Lipinski definition) is 4. The molecule has 1 saturated heterocycles. The molecule has 1 aliphatic rings. The minimum atomic E-state index is 0.0531. The first-order valence-corrected chi connectivity index (χ1v) is 10.4. The second kappa shape index (κ2) is 8.19. The lowest BCUT2D eigenvalue weighted by Gasteiger charge is -2.41. The monoisotopic (exact) mass is 420 g/mol. The summed E-state index contributed by atoms with van der Waals surface area (Å²) in [5.74, 6) is 0.909. The Labute approximate surface area is 163 Å². The van der Waals surface area contributed by atoms with E-state index in [1.54, 1.807) is 0 Å². The number of fused-ring (bicyclic) bond motifs is 1. The maximum absolute atomic E-state index is 13.2. The molecule has 1 N–H and O–H groups in total. The number of nitrogens with zero attached hydrogens (tertiary/aromatic N) is 3. The molecule has 26 heavy (non-hydrogen) atoms. The molecule has 0 amide bonds. The molecule has 5 nitrogen and oxygen atoms in total. The van der Waals surface area contributed by atoms with Crippen LogP contribution in [0.4, 0.5) is 0 Å². The average molecular weight is 421 g/mol. The van der Waals surface area contributed by atoms with Crippen LogP contribution in [0.15, 0.2) is 27.5 Å². The van der Waals surface area contributed by atoms with E-state index >= 15 is 0 Å². The molecule has 1 aromatic carbocycles. The number of benzene rings is 1. The van der Waals surface area contributed by atoms with Crippen molar-refractivity contribution in [2.45, 2.75) is 65.2 Å². The van der Waals surface area contributed by atoms with Crippen LogP contribution < -0.4 is 10.9 Å². The van der Waals surface area contributed by atoms with Gasteiger partial charge in [0.05, 0.1) is 16.9 Å². The third-order valence-corrected chi connectivity index (χ3v) is 5.83. The number of nitrogens with one attached hydrogen (secondary N) is 1. The minimum absolute atomic E-state index is 0.0531. The van der Waals surface area contributed by atoms with E-state index in [2.05, 4.69) is 46.9 Å². The third kappa shape index (κ3) is 3.73. The van der Waals surface area contributed by atoms with Gasteiger partial charge in [0, 0.05) is 36.2 Å². The Kier molecular flexibility index (Phi) is 6.15. The molecule has 0 bridgehead atoms. The molecule has 1 aliphatic heterocycles. The molecule has 3 rings (SSSR count). The molecule has 0 radical (unpaired) electrons. The Balaban J connectivity index is 2.15. The van der Waals surface area contributed by atoms with Crippen LogP contribution >= 0.6 is 15.9 Å². The van der Waals surface area contributed by atoms with Gasteiger partial charge in [-0.2, -0.15) is 0 Å². The highest BCUT2D eigenvalue weighted by atomic mass is 79.9. The van der Waals surface area contributed by atoms with Crippen LogP contribution in [0.1, 0.15) is 52.4 Å². The van der Waals surface area contributed by atoms with Crippen LogP contribution in [0.25, 0.3) is 10.9 Å². The Morgan fingerprint density at radius 1 is 1.27 bits per heavy atom. The summed E-state index contributed by atoms with van der Waals surface area (Å²) in [7, 11) is 0. The molecule has 2 aromatic rings. The summed E-state index contributed by atoms with van der Waals surface area (Å²) in [4.78, 5) is 20.7.